The van der Waals surface area contributed by atoms with Crippen LogP contribution in [-0.2, 0) is 10.3 Å². The number of imide groups is 1. The largest absolute Gasteiger partial charge is 0.343 e. The minimum Gasteiger partial charge on any atom is -0.343 e. The van der Waals surface area contributed by atoms with Crippen molar-refractivity contribution in [3.63, 3.8) is 0 Å². The molecular weight excluding hydrogens is 372 g/mol. The molecule has 3 amide bonds. The highest BCUT2D eigenvalue weighted by Gasteiger charge is 2.41. The highest BCUT2D eigenvalue weighted by molar-refractivity contribution is 6.21. The minimum atomic E-state index is -0.581. The van der Waals surface area contributed by atoms with Gasteiger partial charge in [-0.05, 0) is 38.3 Å². The van der Waals surface area contributed by atoms with Gasteiger partial charge in [-0.15, -0.1) is 0 Å². The molecule has 0 unspecified atom stereocenters. The number of aryl methyl sites for hydroxylation is 2. The number of fused-ring (bicyclic) bond motifs is 1. The third kappa shape index (κ3) is 3.54. The molecule has 1 aliphatic heterocycles. The molecule has 0 radical (unpaired) electrons. The van der Waals surface area contributed by atoms with Gasteiger partial charge in [-0.3, -0.25) is 19.3 Å². The topological polar surface area (TPSA) is 105 Å². The molecule has 152 valence electrons. The second-order valence-corrected chi connectivity index (χ2v) is 7.89. The maximum absolute atomic E-state index is 12.6. The summed E-state index contributed by atoms with van der Waals surface area (Å²) >= 11 is 0. The van der Waals surface area contributed by atoms with Crippen molar-refractivity contribution in [2.75, 3.05) is 6.54 Å². The van der Waals surface area contributed by atoms with Gasteiger partial charge in [-0.2, -0.15) is 4.98 Å². The maximum atomic E-state index is 12.6. The summed E-state index contributed by atoms with van der Waals surface area (Å²) in [6.45, 7) is 3.83. The average Bonchev–Trinajstić information content (AvgIpc) is 3.38. The number of carbonyl (C=O) groups excluding carboxylic acids is 3. The Morgan fingerprint density at radius 1 is 1.17 bits per heavy atom. The van der Waals surface area contributed by atoms with Crippen molar-refractivity contribution in [3.05, 3.63) is 46.6 Å². The Balaban J connectivity index is 1.36. The Morgan fingerprint density at radius 2 is 1.90 bits per heavy atom. The van der Waals surface area contributed by atoms with E-state index < -0.39 is 5.54 Å². The molecule has 0 bridgehead atoms. The number of nitrogens with one attached hydrogen (secondary N) is 1. The molecule has 8 heteroatoms. The van der Waals surface area contributed by atoms with E-state index in [1.54, 1.807) is 19.1 Å². The zero-order valence-electron chi connectivity index (χ0n) is 16.7. The fourth-order valence-electron chi connectivity index (χ4n) is 4.21. The molecule has 1 fully saturated rings. The number of rotatable bonds is 6. The molecule has 2 aliphatic rings. The van der Waals surface area contributed by atoms with Crippen LogP contribution in [0.3, 0.4) is 0 Å². The van der Waals surface area contributed by atoms with Crippen LogP contribution >= 0.6 is 0 Å². The van der Waals surface area contributed by atoms with Crippen LogP contribution in [-0.4, -0.2) is 39.3 Å². The molecule has 2 heterocycles. The Labute approximate surface area is 168 Å². The van der Waals surface area contributed by atoms with E-state index in [-0.39, 0.29) is 30.7 Å². The van der Waals surface area contributed by atoms with Gasteiger partial charge >= 0.3 is 0 Å². The Kier molecular flexibility index (Phi) is 4.94. The number of amides is 3. The first kappa shape index (κ1) is 19.3. The maximum Gasteiger partial charge on any atom is 0.261 e. The summed E-state index contributed by atoms with van der Waals surface area (Å²) < 4.78 is 5.10. The van der Waals surface area contributed by atoms with E-state index in [1.165, 1.54) is 4.90 Å². The quantitative estimate of drug-likeness (QED) is 0.753. The zero-order valence-corrected chi connectivity index (χ0v) is 16.7. The van der Waals surface area contributed by atoms with E-state index in [4.69, 9.17) is 4.52 Å². The minimum absolute atomic E-state index is 0.137. The van der Waals surface area contributed by atoms with Crippen molar-refractivity contribution in [2.24, 2.45) is 0 Å². The number of hydrogen-bond acceptors (Lipinski definition) is 6. The van der Waals surface area contributed by atoms with Gasteiger partial charge < -0.3 is 9.84 Å². The summed E-state index contributed by atoms with van der Waals surface area (Å²) in [7, 11) is 0. The summed E-state index contributed by atoms with van der Waals surface area (Å²) in [4.78, 5) is 43.2. The van der Waals surface area contributed by atoms with Gasteiger partial charge in [0, 0.05) is 19.9 Å². The van der Waals surface area contributed by atoms with Crippen molar-refractivity contribution in [2.45, 2.75) is 57.9 Å². The lowest BCUT2D eigenvalue weighted by Gasteiger charge is -2.27. The summed E-state index contributed by atoms with van der Waals surface area (Å²) in [5.41, 5.74) is 1.23. The molecule has 8 nitrogen and oxygen atoms in total. The smallest absolute Gasteiger partial charge is 0.261 e. The van der Waals surface area contributed by atoms with E-state index in [1.807, 2.05) is 13.0 Å². The summed E-state index contributed by atoms with van der Waals surface area (Å²) in [5, 5.41) is 7.10. The van der Waals surface area contributed by atoms with Crippen molar-refractivity contribution in [1.82, 2.24) is 20.4 Å². The van der Waals surface area contributed by atoms with E-state index in [0.717, 1.165) is 31.2 Å². The Hall–Kier alpha value is -3.03. The second-order valence-electron chi connectivity index (χ2n) is 7.89. The predicted molar refractivity (Wildman–Crippen MR) is 103 cm³/mol. The average molecular weight is 396 g/mol. The molecule has 1 aromatic carbocycles. The molecule has 2 aromatic rings. The fourth-order valence-corrected chi connectivity index (χ4v) is 4.21. The first-order valence-corrected chi connectivity index (χ1v) is 9.98. The number of aromatic nitrogens is 2. The molecule has 1 aliphatic carbocycles. The Morgan fingerprint density at radius 3 is 2.59 bits per heavy atom. The van der Waals surface area contributed by atoms with E-state index in [0.29, 0.717) is 29.3 Å². The standard InChI is InChI=1S/C21H24N4O4/c1-13-7-8-15-16(12-13)19(28)25(18(15)27)11-5-6-17(26)23-21(9-3-4-10-21)20-22-14(2)29-24-20/h7-8,12H,3-6,9-11H2,1-2H3,(H,23,26). The SMILES string of the molecule is Cc1ccc2c(c1)C(=O)N(CCCC(=O)NC1(c3noc(C)n3)CCCC1)C2=O. The van der Waals surface area contributed by atoms with Crippen LogP contribution in [0.15, 0.2) is 22.7 Å². The number of benzene rings is 1. The van der Waals surface area contributed by atoms with E-state index in [9.17, 15) is 14.4 Å². The molecule has 0 atom stereocenters. The molecule has 1 saturated carbocycles. The summed E-state index contributed by atoms with van der Waals surface area (Å²) in [6, 6.07) is 5.25. The van der Waals surface area contributed by atoms with Crippen LogP contribution < -0.4 is 5.32 Å². The van der Waals surface area contributed by atoms with Crippen LogP contribution in [0.2, 0.25) is 0 Å². The molecule has 1 N–H and O–H groups in total. The second kappa shape index (κ2) is 7.42. The van der Waals surface area contributed by atoms with Gasteiger partial charge in [0.05, 0.1) is 11.1 Å². The zero-order chi connectivity index (χ0) is 20.6. The van der Waals surface area contributed by atoms with Crippen LogP contribution in [0.5, 0.6) is 0 Å². The van der Waals surface area contributed by atoms with Crippen molar-refractivity contribution in [1.29, 1.82) is 0 Å². The van der Waals surface area contributed by atoms with Crippen molar-refractivity contribution in [3.8, 4) is 0 Å². The third-order valence-corrected chi connectivity index (χ3v) is 5.70. The normalized spacial score (nSPS) is 17.7. The molecule has 0 saturated heterocycles. The van der Waals surface area contributed by atoms with Crippen LogP contribution in [0.1, 0.15) is 76.5 Å². The molecule has 4 rings (SSSR count). The summed E-state index contributed by atoms with van der Waals surface area (Å²) in [5.74, 6) is 0.281. The van der Waals surface area contributed by atoms with Crippen LogP contribution in [0, 0.1) is 13.8 Å². The van der Waals surface area contributed by atoms with E-state index >= 15 is 0 Å². The lowest BCUT2D eigenvalue weighted by molar-refractivity contribution is -0.123. The van der Waals surface area contributed by atoms with Crippen LogP contribution in [0.4, 0.5) is 0 Å². The van der Waals surface area contributed by atoms with Gasteiger partial charge in [0.2, 0.25) is 11.8 Å². The fraction of sp³-hybridized carbons (Fsp3) is 0.476. The van der Waals surface area contributed by atoms with Gasteiger partial charge in [0.1, 0.15) is 5.54 Å². The number of nitrogens with zero attached hydrogens (tertiary/aromatic N) is 3. The number of carbonyl (C=O) groups is 3. The van der Waals surface area contributed by atoms with Gasteiger partial charge in [0.15, 0.2) is 5.82 Å². The van der Waals surface area contributed by atoms with E-state index in [2.05, 4.69) is 15.5 Å². The number of hydrogen-bond donors (Lipinski definition) is 1. The predicted octanol–water partition coefficient (Wildman–Crippen LogP) is 2.65. The highest BCUT2D eigenvalue weighted by atomic mass is 16.5. The van der Waals surface area contributed by atoms with Crippen molar-refractivity contribution < 1.29 is 18.9 Å². The molecule has 1 aromatic heterocycles. The third-order valence-electron chi connectivity index (χ3n) is 5.70. The van der Waals surface area contributed by atoms with Gasteiger partial charge in [0.25, 0.3) is 11.8 Å². The summed E-state index contributed by atoms with van der Waals surface area (Å²) in [6.07, 6.45) is 4.14. The van der Waals surface area contributed by atoms with Gasteiger partial charge in [-0.25, -0.2) is 0 Å². The lowest BCUT2D eigenvalue weighted by Crippen LogP contribution is -2.44. The lowest BCUT2D eigenvalue weighted by atomic mass is 9.96. The van der Waals surface area contributed by atoms with Crippen molar-refractivity contribution >= 4 is 17.7 Å². The first-order valence-electron chi connectivity index (χ1n) is 9.98. The van der Waals surface area contributed by atoms with Gasteiger partial charge in [-0.1, -0.05) is 29.6 Å². The molecular formula is C21H24N4O4. The first-order chi connectivity index (χ1) is 13.9. The molecule has 0 spiro atoms. The Bertz CT molecular complexity index is 975. The monoisotopic (exact) mass is 396 g/mol. The molecule has 29 heavy (non-hydrogen) atoms. The highest BCUT2D eigenvalue weighted by Crippen LogP contribution is 2.37. The van der Waals surface area contributed by atoms with Crippen LogP contribution in [0.25, 0.3) is 0 Å².